The lowest BCUT2D eigenvalue weighted by molar-refractivity contribution is -0.245. The molecule has 2 fully saturated rings. The predicted octanol–water partition coefficient (Wildman–Crippen LogP) is 0.614. The Labute approximate surface area is 170 Å². The maximum Gasteiger partial charge on any atom is 0.265 e. The normalized spacial score (nSPS) is 28.8. The van der Waals surface area contributed by atoms with Gasteiger partial charge in [-0.3, -0.25) is 14.5 Å². The highest BCUT2D eigenvalue weighted by Gasteiger charge is 2.53. The SMILES string of the molecule is Cc1ccc2c(c1)N(CC(=O)N1CCC3(CC1)OCC[C@@](C)(O)[C@@H]3O)C(=O)CO2. The monoisotopic (exact) mass is 404 g/mol. The van der Waals surface area contributed by atoms with Crippen LogP contribution in [0.5, 0.6) is 5.75 Å². The van der Waals surface area contributed by atoms with Crippen molar-refractivity contribution in [3.8, 4) is 5.75 Å². The Kier molecular flexibility index (Phi) is 5.04. The number of aryl methyl sites for hydroxylation is 1. The van der Waals surface area contributed by atoms with Gasteiger partial charge in [0, 0.05) is 19.5 Å². The third-order valence-electron chi connectivity index (χ3n) is 6.40. The molecule has 1 aromatic carbocycles. The number of hydrogen-bond donors (Lipinski definition) is 2. The minimum Gasteiger partial charge on any atom is -0.482 e. The number of amides is 2. The summed E-state index contributed by atoms with van der Waals surface area (Å²) >= 11 is 0. The number of fused-ring (bicyclic) bond motifs is 1. The van der Waals surface area contributed by atoms with Crippen molar-refractivity contribution in [2.75, 3.05) is 37.7 Å². The molecule has 4 rings (SSSR count). The van der Waals surface area contributed by atoms with Crippen LogP contribution in [0.2, 0.25) is 0 Å². The second kappa shape index (κ2) is 7.27. The van der Waals surface area contributed by atoms with Gasteiger partial charge < -0.3 is 24.6 Å². The summed E-state index contributed by atoms with van der Waals surface area (Å²) in [7, 11) is 0. The minimum absolute atomic E-state index is 0.0488. The van der Waals surface area contributed by atoms with E-state index in [-0.39, 0.29) is 25.0 Å². The molecule has 2 N–H and O–H groups in total. The number of nitrogens with zero attached hydrogens (tertiary/aromatic N) is 2. The molecular formula is C21H28N2O6. The standard InChI is InChI=1S/C21H28N2O6/c1-14-3-4-16-15(11-14)23(18(25)13-28-16)12-17(24)22-8-5-21(6-9-22)19(26)20(2,27)7-10-29-21/h3-4,11,19,26-27H,5-10,12-13H2,1-2H3/t19-,20+/m0/s1. The van der Waals surface area contributed by atoms with Gasteiger partial charge in [-0.05, 0) is 44.4 Å². The zero-order valence-corrected chi connectivity index (χ0v) is 16.9. The third kappa shape index (κ3) is 3.60. The summed E-state index contributed by atoms with van der Waals surface area (Å²) in [6.07, 6.45) is 0.291. The molecule has 1 aromatic rings. The molecule has 0 bridgehead atoms. The molecule has 2 amide bonds. The van der Waals surface area contributed by atoms with E-state index in [1.807, 2.05) is 25.1 Å². The average Bonchev–Trinajstić information content (AvgIpc) is 2.69. The fourth-order valence-corrected chi connectivity index (χ4v) is 4.52. The van der Waals surface area contributed by atoms with Crippen molar-refractivity contribution < 1.29 is 29.3 Å². The van der Waals surface area contributed by atoms with Crippen LogP contribution in [0.1, 0.15) is 31.7 Å². The van der Waals surface area contributed by atoms with E-state index < -0.39 is 17.3 Å². The zero-order chi connectivity index (χ0) is 20.8. The molecule has 0 saturated carbocycles. The Bertz CT molecular complexity index is 815. The second-order valence-electron chi connectivity index (χ2n) is 8.54. The van der Waals surface area contributed by atoms with Gasteiger partial charge in [-0.2, -0.15) is 0 Å². The Morgan fingerprint density at radius 1 is 1.28 bits per heavy atom. The highest BCUT2D eigenvalue weighted by molar-refractivity contribution is 6.02. The lowest BCUT2D eigenvalue weighted by atomic mass is 9.75. The number of benzene rings is 1. The van der Waals surface area contributed by atoms with Gasteiger partial charge in [0.1, 0.15) is 24.0 Å². The van der Waals surface area contributed by atoms with E-state index in [4.69, 9.17) is 9.47 Å². The van der Waals surface area contributed by atoms with Crippen molar-refractivity contribution in [1.29, 1.82) is 0 Å². The van der Waals surface area contributed by atoms with Gasteiger partial charge in [0.25, 0.3) is 5.91 Å². The van der Waals surface area contributed by atoms with Crippen LogP contribution in [-0.4, -0.2) is 77.1 Å². The first-order chi connectivity index (χ1) is 13.7. The maximum absolute atomic E-state index is 12.9. The van der Waals surface area contributed by atoms with Crippen LogP contribution in [0.25, 0.3) is 0 Å². The van der Waals surface area contributed by atoms with Gasteiger partial charge in [0.05, 0.1) is 17.9 Å². The Hall–Kier alpha value is -2.16. The lowest BCUT2D eigenvalue weighted by Crippen LogP contribution is -2.64. The van der Waals surface area contributed by atoms with E-state index in [9.17, 15) is 19.8 Å². The summed E-state index contributed by atoms with van der Waals surface area (Å²) in [5, 5.41) is 21.1. The first-order valence-electron chi connectivity index (χ1n) is 10.1. The summed E-state index contributed by atoms with van der Waals surface area (Å²) in [5.74, 6) is 0.202. The summed E-state index contributed by atoms with van der Waals surface area (Å²) < 4.78 is 11.4. The molecule has 3 aliphatic rings. The molecule has 29 heavy (non-hydrogen) atoms. The van der Waals surface area contributed by atoms with Crippen molar-refractivity contribution in [3.63, 3.8) is 0 Å². The molecule has 8 nitrogen and oxygen atoms in total. The molecule has 8 heteroatoms. The van der Waals surface area contributed by atoms with E-state index in [0.717, 1.165) is 5.56 Å². The number of carbonyl (C=O) groups is 2. The smallest absolute Gasteiger partial charge is 0.265 e. The van der Waals surface area contributed by atoms with Crippen molar-refractivity contribution in [3.05, 3.63) is 23.8 Å². The predicted molar refractivity (Wildman–Crippen MR) is 105 cm³/mol. The second-order valence-corrected chi connectivity index (χ2v) is 8.54. The number of aliphatic hydroxyl groups is 2. The Balaban J connectivity index is 1.44. The van der Waals surface area contributed by atoms with E-state index in [1.165, 1.54) is 4.90 Å². The van der Waals surface area contributed by atoms with Crippen LogP contribution in [0, 0.1) is 6.92 Å². The lowest BCUT2D eigenvalue weighted by Gasteiger charge is -2.51. The minimum atomic E-state index is -1.19. The number of carbonyl (C=O) groups excluding carboxylic acids is 2. The quantitative estimate of drug-likeness (QED) is 0.750. The first kappa shape index (κ1) is 20.1. The summed E-state index contributed by atoms with van der Waals surface area (Å²) in [6.45, 7) is 4.62. The molecule has 0 aromatic heterocycles. The van der Waals surface area contributed by atoms with Crippen LogP contribution >= 0.6 is 0 Å². The van der Waals surface area contributed by atoms with Gasteiger partial charge in [0.15, 0.2) is 6.61 Å². The van der Waals surface area contributed by atoms with Gasteiger partial charge in [0.2, 0.25) is 5.91 Å². The largest absolute Gasteiger partial charge is 0.482 e. The maximum atomic E-state index is 12.9. The summed E-state index contributed by atoms with van der Waals surface area (Å²) in [4.78, 5) is 28.5. The molecule has 0 unspecified atom stereocenters. The van der Waals surface area contributed by atoms with Crippen molar-refractivity contribution >= 4 is 17.5 Å². The third-order valence-corrected chi connectivity index (χ3v) is 6.40. The highest BCUT2D eigenvalue weighted by Crippen LogP contribution is 2.40. The molecule has 2 saturated heterocycles. The van der Waals surface area contributed by atoms with Crippen LogP contribution in [0.15, 0.2) is 18.2 Å². The number of aliphatic hydroxyl groups excluding tert-OH is 1. The van der Waals surface area contributed by atoms with E-state index in [1.54, 1.807) is 11.8 Å². The van der Waals surface area contributed by atoms with Crippen LogP contribution in [0.3, 0.4) is 0 Å². The molecule has 2 atom stereocenters. The molecule has 158 valence electrons. The highest BCUT2D eigenvalue weighted by atomic mass is 16.5. The summed E-state index contributed by atoms with van der Waals surface area (Å²) in [6, 6.07) is 5.56. The van der Waals surface area contributed by atoms with Crippen molar-refractivity contribution in [1.82, 2.24) is 4.90 Å². The van der Waals surface area contributed by atoms with Crippen LogP contribution < -0.4 is 9.64 Å². The molecule has 0 aliphatic carbocycles. The average molecular weight is 404 g/mol. The number of likely N-dealkylation sites (tertiary alicyclic amines) is 1. The van der Waals surface area contributed by atoms with Gasteiger partial charge in [-0.15, -0.1) is 0 Å². The number of ether oxygens (including phenoxy) is 2. The van der Waals surface area contributed by atoms with Crippen LogP contribution in [-0.2, 0) is 14.3 Å². The molecule has 0 radical (unpaired) electrons. The number of hydrogen-bond acceptors (Lipinski definition) is 6. The Morgan fingerprint density at radius 2 is 2.00 bits per heavy atom. The van der Waals surface area contributed by atoms with Crippen LogP contribution in [0.4, 0.5) is 5.69 Å². The molecular weight excluding hydrogens is 376 g/mol. The van der Waals surface area contributed by atoms with E-state index in [0.29, 0.717) is 50.4 Å². The van der Waals surface area contributed by atoms with Crippen molar-refractivity contribution in [2.24, 2.45) is 0 Å². The molecule has 3 heterocycles. The fraction of sp³-hybridized carbons (Fsp3) is 0.619. The van der Waals surface area contributed by atoms with E-state index >= 15 is 0 Å². The zero-order valence-electron chi connectivity index (χ0n) is 16.9. The number of piperidine rings is 1. The van der Waals surface area contributed by atoms with E-state index in [2.05, 4.69) is 0 Å². The summed E-state index contributed by atoms with van der Waals surface area (Å²) in [5.41, 5.74) is -0.413. The first-order valence-corrected chi connectivity index (χ1v) is 10.1. The van der Waals surface area contributed by atoms with Gasteiger partial charge in [-0.25, -0.2) is 0 Å². The topological polar surface area (TPSA) is 99.5 Å². The molecule has 3 aliphatic heterocycles. The van der Waals surface area contributed by atoms with Gasteiger partial charge in [-0.1, -0.05) is 6.07 Å². The van der Waals surface area contributed by atoms with Crippen molar-refractivity contribution in [2.45, 2.75) is 50.4 Å². The fourth-order valence-electron chi connectivity index (χ4n) is 4.52. The molecule has 1 spiro atoms. The number of anilines is 1. The Morgan fingerprint density at radius 3 is 2.72 bits per heavy atom. The van der Waals surface area contributed by atoms with Gasteiger partial charge >= 0.3 is 0 Å². The number of rotatable bonds is 2.